The van der Waals surface area contributed by atoms with Crippen LogP contribution in [0.2, 0.25) is 5.15 Å². The molecule has 0 aromatic carbocycles. The molecule has 0 amide bonds. The molecule has 18 heavy (non-hydrogen) atoms. The normalized spacial score (nSPS) is 12.4. The quantitative estimate of drug-likeness (QED) is 0.839. The Balaban J connectivity index is 2.61. The van der Waals surface area contributed by atoms with E-state index in [1.165, 1.54) is 0 Å². The van der Waals surface area contributed by atoms with Gasteiger partial charge in [-0.3, -0.25) is 4.68 Å². The first-order valence-corrected chi connectivity index (χ1v) is 6.47. The molecule has 2 aromatic heterocycles. The van der Waals surface area contributed by atoms with Crippen LogP contribution in [-0.4, -0.2) is 20.3 Å². The van der Waals surface area contributed by atoms with Gasteiger partial charge in [0.1, 0.15) is 5.15 Å². The van der Waals surface area contributed by atoms with Gasteiger partial charge in [-0.25, -0.2) is 4.98 Å². The Morgan fingerprint density at radius 2 is 2.00 bits per heavy atom. The molecule has 2 rings (SSSR count). The second kappa shape index (κ2) is 4.43. The molecular formula is C13H19ClN4. The summed E-state index contributed by atoms with van der Waals surface area (Å²) in [4.78, 5) is 4.14. The van der Waals surface area contributed by atoms with Crippen molar-refractivity contribution in [2.45, 2.75) is 46.2 Å². The van der Waals surface area contributed by atoms with Crippen molar-refractivity contribution in [1.82, 2.24) is 14.8 Å². The number of hydrogen-bond donors (Lipinski definition) is 1. The maximum absolute atomic E-state index is 5.97. The van der Waals surface area contributed by atoms with Crippen molar-refractivity contribution in [3.63, 3.8) is 0 Å². The average Bonchev–Trinajstić information content (AvgIpc) is 2.54. The molecule has 0 spiro atoms. The Kier molecular flexibility index (Phi) is 3.23. The van der Waals surface area contributed by atoms with Gasteiger partial charge < -0.3 is 5.32 Å². The van der Waals surface area contributed by atoms with Crippen molar-refractivity contribution >= 4 is 28.3 Å². The molecular weight excluding hydrogens is 248 g/mol. The minimum absolute atomic E-state index is 0.0390. The number of hydrogen-bond acceptors (Lipinski definition) is 3. The first-order chi connectivity index (χ1) is 8.28. The van der Waals surface area contributed by atoms with Crippen LogP contribution in [0, 0.1) is 0 Å². The fraction of sp³-hybridized carbons (Fsp3) is 0.538. The molecule has 0 bridgehead atoms. The zero-order valence-corrected chi connectivity index (χ0v) is 12.2. The maximum atomic E-state index is 5.97. The Bertz CT molecular complexity index is 566. The molecule has 2 aromatic rings. The highest BCUT2D eigenvalue weighted by molar-refractivity contribution is 6.30. The lowest BCUT2D eigenvalue weighted by Gasteiger charge is -2.20. The first-order valence-electron chi connectivity index (χ1n) is 6.10. The van der Waals surface area contributed by atoms with Crippen LogP contribution in [0.25, 0.3) is 10.9 Å². The van der Waals surface area contributed by atoms with E-state index in [4.69, 9.17) is 11.6 Å². The van der Waals surface area contributed by atoms with Crippen molar-refractivity contribution < 1.29 is 0 Å². The van der Waals surface area contributed by atoms with Gasteiger partial charge in [-0.1, -0.05) is 11.6 Å². The number of rotatable bonds is 2. The van der Waals surface area contributed by atoms with E-state index in [9.17, 15) is 0 Å². The molecule has 0 radical (unpaired) electrons. The van der Waals surface area contributed by atoms with Gasteiger partial charge in [-0.05, 0) is 34.6 Å². The van der Waals surface area contributed by atoms with Crippen LogP contribution in [-0.2, 0) is 0 Å². The van der Waals surface area contributed by atoms with E-state index in [0.29, 0.717) is 5.15 Å². The third-order valence-electron chi connectivity index (χ3n) is 2.54. The fourth-order valence-electron chi connectivity index (χ4n) is 1.85. The van der Waals surface area contributed by atoms with Gasteiger partial charge >= 0.3 is 0 Å². The van der Waals surface area contributed by atoms with E-state index in [2.05, 4.69) is 50.0 Å². The molecule has 1 N–H and O–H groups in total. The summed E-state index contributed by atoms with van der Waals surface area (Å²) in [6.45, 7) is 10.5. The average molecular weight is 267 g/mol. The number of halogens is 1. The topological polar surface area (TPSA) is 42.7 Å². The number of nitrogens with one attached hydrogen (secondary N) is 1. The summed E-state index contributed by atoms with van der Waals surface area (Å²) in [6, 6.07) is 2.14. The van der Waals surface area contributed by atoms with E-state index < -0.39 is 0 Å². The summed E-state index contributed by atoms with van der Waals surface area (Å²) in [6.07, 6.45) is 1.78. The molecule has 0 atom stereocenters. The zero-order chi connectivity index (χ0) is 13.5. The molecule has 0 fully saturated rings. The minimum atomic E-state index is -0.0390. The van der Waals surface area contributed by atoms with E-state index in [0.717, 1.165) is 16.7 Å². The lowest BCUT2D eigenvalue weighted by atomic mass is 10.1. The van der Waals surface area contributed by atoms with Gasteiger partial charge in [-0.2, -0.15) is 5.10 Å². The molecule has 4 nitrogen and oxygen atoms in total. The fourth-order valence-corrected chi connectivity index (χ4v) is 2.00. The highest BCUT2D eigenvalue weighted by atomic mass is 35.5. The maximum Gasteiger partial charge on any atom is 0.157 e. The summed E-state index contributed by atoms with van der Waals surface area (Å²) in [7, 11) is 0. The molecule has 0 aliphatic rings. The summed E-state index contributed by atoms with van der Waals surface area (Å²) in [5.74, 6) is 0.857. The predicted molar refractivity (Wildman–Crippen MR) is 76.3 cm³/mol. The number of anilines is 1. The third kappa shape index (κ3) is 2.58. The monoisotopic (exact) mass is 266 g/mol. The highest BCUT2D eigenvalue weighted by Crippen LogP contribution is 2.28. The SMILES string of the molecule is CC(C)n1nc(NC(C)(C)C)c2cnc(Cl)cc21. The number of fused-ring (bicyclic) bond motifs is 1. The van der Waals surface area contributed by atoms with Gasteiger partial charge in [0, 0.05) is 23.8 Å². The molecule has 2 heterocycles. The second-order valence-corrected chi connectivity index (χ2v) is 6.17. The van der Waals surface area contributed by atoms with E-state index in [1.807, 2.05) is 10.7 Å². The smallest absolute Gasteiger partial charge is 0.157 e. The van der Waals surface area contributed by atoms with Crippen molar-refractivity contribution in [3.05, 3.63) is 17.4 Å². The number of nitrogens with zero attached hydrogens (tertiary/aromatic N) is 3. The highest BCUT2D eigenvalue weighted by Gasteiger charge is 2.18. The molecule has 0 saturated carbocycles. The molecule has 98 valence electrons. The molecule has 5 heteroatoms. The van der Waals surface area contributed by atoms with Gasteiger partial charge in [0.05, 0.1) is 10.9 Å². The van der Waals surface area contributed by atoms with Crippen molar-refractivity contribution in [1.29, 1.82) is 0 Å². The summed E-state index contributed by atoms with van der Waals surface area (Å²) >= 11 is 5.97. The van der Waals surface area contributed by atoms with E-state index in [-0.39, 0.29) is 11.6 Å². The lowest BCUT2D eigenvalue weighted by Crippen LogP contribution is -2.26. The van der Waals surface area contributed by atoms with Crippen LogP contribution >= 0.6 is 11.6 Å². The van der Waals surface area contributed by atoms with Gasteiger partial charge in [0.15, 0.2) is 5.82 Å². The number of aromatic nitrogens is 3. The van der Waals surface area contributed by atoms with Crippen LogP contribution in [0.5, 0.6) is 0 Å². The van der Waals surface area contributed by atoms with Crippen LogP contribution < -0.4 is 5.32 Å². The van der Waals surface area contributed by atoms with Gasteiger partial charge in [-0.15, -0.1) is 0 Å². The lowest BCUT2D eigenvalue weighted by molar-refractivity contribution is 0.547. The Hall–Kier alpha value is -1.29. The van der Waals surface area contributed by atoms with Crippen molar-refractivity contribution in [2.75, 3.05) is 5.32 Å². The summed E-state index contributed by atoms with van der Waals surface area (Å²) in [5, 5.41) is 9.52. The van der Waals surface area contributed by atoms with E-state index >= 15 is 0 Å². The van der Waals surface area contributed by atoms with Crippen LogP contribution in [0.1, 0.15) is 40.7 Å². The molecule has 0 unspecified atom stereocenters. The summed E-state index contributed by atoms with van der Waals surface area (Å²) in [5.41, 5.74) is 0.972. The number of pyridine rings is 1. The van der Waals surface area contributed by atoms with Gasteiger partial charge in [0.25, 0.3) is 0 Å². The molecule has 0 aliphatic carbocycles. The molecule has 0 aliphatic heterocycles. The third-order valence-corrected chi connectivity index (χ3v) is 2.75. The largest absolute Gasteiger partial charge is 0.363 e. The van der Waals surface area contributed by atoms with Gasteiger partial charge in [0.2, 0.25) is 0 Å². The summed E-state index contributed by atoms with van der Waals surface area (Å²) < 4.78 is 1.97. The van der Waals surface area contributed by atoms with Crippen LogP contribution in [0.4, 0.5) is 5.82 Å². The Morgan fingerprint density at radius 1 is 1.33 bits per heavy atom. The Morgan fingerprint density at radius 3 is 2.56 bits per heavy atom. The second-order valence-electron chi connectivity index (χ2n) is 5.79. The van der Waals surface area contributed by atoms with E-state index in [1.54, 1.807) is 6.20 Å². The van der Waals surface area contributed by atoms with Crippen LogP contribution in [0.3, 0.4) is 0 Å². The predicted octanol–water partition coefficient (Wildman–Crippen LogP) is 3.88. The van der Waals surface area contributed by atoms with Crippen molar-refractivity contribution in [3.8, 4) is 0 Å². The zero-order valence-electron chi connectivity index (χ0n) is 11.5. The first kappa shape index (κ1) is 13.1. The Labute approximate surface area is 112 Å². The standard InChI is InChI=1S/C13H19ClN4/c1-8(2)18-10-6-11(14)15-7-9(10)12(17-18)16-13(3,4)5/h6-8H,1-5H3,(H,16,17). The minimum Gasteiger partial charge on any atom is -0.363 e. The van der Waals surface area contributed by atoms with Crippen molar-refractivity contribution in [2.24, 2.45) is 0 Å². The van der Waals surface area contributed by atoms with Crippen LogP contribution in [0.15, 0.2) is 12.3 Å². The molecule has 0 saturated heterocycles.